The molecule has 2 heterocycles. The second kappa shape index (κ2) is 10.4. The second-order valence-corrected chi connectivity index (χ2v) is 8.83. The Hall–Kier alpha value is -2.50. The summed E-state index contributed by atoms with van der Waals surface area (Å²) in [6.45, 7) is 4.51. The zero-order valence-electron chi connectivity index (χ0n) is 18.2. The molecule has 1 amide bonds. The van der Waals surface area contributed by atoms with Gasteiger partial charge in [-0.1, -0.05) is 66.9 Å². The van der Waals surface area contributed by atoms with E-state index in [1.165, 1.54) is 5.69 Å². The summed E-state index contributed by atoms with van der Waals surface area (Å²) in [7, 11) is 0. The molecule has 0 spiro atoms. The van der Waals surface area contributed by atoms with Crippen LogP contribution in [0.3, 0.4) is 0 Å². The highest BCUT2D eigenvalue weighted by Gasteiger charge is 2.26. The number of fused-ring (bicyclic) bond motifs is 1. The highest BCUT2D eigenvalue weighted by atomic mass is 35.5. The lowest BCUT2D eigenvalue weighted by atomic mass is 10.2. The molecular weight excluding hydrogens is 445 g/mol. The maximum absolute atomic E-state index is 12.7. The Labute approximate surface area is 198 Å². The molecule has 2 aromatic carbocycles. The molecule has 1 aliphatic rings. The fourth-order valence-electron chi connectivity index (χ4n) is 4.04. The zero-order valence-corrected chi connectivity index (χ0v) is 19.7. The number of amides is 1. The van der Waals surface area contributed by atoms with Crippen LogP contribution in [0.4, 0.5) is 4.79 Å². The molecule has 168 valence electrons. The molecule has 0 N–H and O–H groups in total. The normalized spacial score (nSPS) is 13.5. The summed E-state index contributed by atoms with van der Waals surface area (Å²) in [6.07, 6.45) is 3.27. The van der Waals surface area contributed by atoms with Gasteiger partial charge in [-0.15, -0.1) is 0 Å². The second-order valence-electron chi connectivity index (χ2n) is 7.99. The maximum atomic E-state index is 12.7. The molecule has 7 heteroatoms. The highest BCUT2D eigenvalue weighted by molar-refractivity contribution is 6.36. The molecule has 1 aliphatic heterocycles. The van der Waals surface area contributed by atoms with Crippen molar-refractivity contribution in [1.82, 2.24) is 14.5 Å². The van der Waals surface area contributed by atoms with E-state index in [4.69, 9.17) is 32.9 Å². The average Bonchev–Trinajstić information content (AvgIpc) is 2.99. The van der Waals surface area contributed by atoms with Crippen LogP contribution in [-0.2, 0) is 30.7 Å². The third-order valence-electron chi connectivity index (χ3n) is 5.76. The van der Waals surface area contributed by atoms with Gasteiger partial charge in [0.05, 0.1) is 10.7 Å². The van der Waals surface area contributed by atoms with Crippen molar-refractivity contribution in [2.45, 2.75) is 45.8 Å². The predicted molar refractivity (Wildman–Crippen MR) is 128 cm³/mol. The van der Waals surface area contributed by atoms with Crippen molar-refractivity contribution in [2.75, 3.05) is 13.1 Å². The van der Waals surface area contributed by atoms with Crippen LogP contribution in [0.25, 0.3) is 11.4 Å². The topological polar surface area (TPSA) is 47.4 Å². The van der Waals surface area contributed by atoms with Crippen molar-refractivity contribution in [3.8, 4) is 11.4 Å². The van der Waals surface area contributed by atoms with Gasteiger partial charge in [-0.2, -0.15) is 0 Å². The van der Waals surface area contributed by atoms with Crippen LogP contribution in [0.15, 0.2) is 48.5 Å². The van der Waals surface area contributed by atoms with Gasteiger partial charge in [-0.05, 0) is 30.2 Å². The van der Waals surface area contributed by atoms with E-state index in [0.717, 1.165) is 48.5 Å². The molecule has 4 rings (SSSR count). The summed E-state index contributed by atoms with van der Waals surface area (Å²) in [5.41, 5.74) is 4.08. The van der Waals surface area contributed by atoms with Crippen LogP contribution in [0.1, 0.15) is 36.7 Å². The quantitative estimate of drug-likeness (QED) is 0.418. The number of nitrogens with zero attached hydrogens (tertiary/aromatic N) is 3. The summed E-state index contributed by atoms with van der Waals surface area (Å²) in [6, 6.07) is 15.3. The minimum Gasteiger partial charge on any atom is -0.445 e. The SMILES string of the molecule is CCCCn1c(-c2ccc(Cl)cc2Cl)nc2c1CCN(C(=O)OCc1ccccc1)CC2. The van der Waals surface area contributed by atoms with Gasteiger partial charge in [0, 0.05) is 48.8 Å². The van der Waals surface area contributed by atoms with Gasteiger partial charge in [0.1, 0.15) is 12.4 Å². The van der Waals surface area contributed by atoms with Crippen LogP contribution in [-0.4, -0.2) is 33.6 Å². The van der Waals surface area contributed by atoms with Gasteiger partial charge in [0.25, 0.3) is 0 Å². The number of aromatic nitrogens is 2. The van der Waals surface area contributed by atoms with Crippen molar-refractivity contribution >= 4 is 29.3 Å². The number of benzene rings is 2. The molecule has 0 atom stereocenters. The van der Waals surface area contributed by atoms with E-state index in [0.29, 0.717) is 29.6 Å². The standard InChI is InChI=1S/C25H27Cl2N3O2/c1-2-3-13-30-23-12-15-29(25(31)32-17-18-7-5-4-6-8-18)14-11-22(23)28-24(30)20-10-9-19(26)16-21(20)27/h4-10,16H,2-3,11-15,17H2,1H3. The lowest BCUT2D eigenvalue weighted by Crippen LogP contribution is -2.34. The summed E-state index contributed by atoms with van der Waals surface area (Å²) in [5, 5.41) is 1.21. The first-order valence-electron chi connectivity index (χ1n) is 11.1. The average molecular weight is 472 g/mol. The van der Waals surface area contributed by atoms with Crippen LogP contribution in [0.5, 0.6) is 0 Å². The van der Waals surface area contributed by atoms with E-state index >= 15 is 0 Å². The summed E-state index contributed by atoms with van der Waals surface area (Å²) in [4.78, 5) is 19.4. The summed E-state index contributed by atoms with van der Waals surface area (Å²) in [5.74, 6) is 0.880. The molecule has 0 saturated carbocycles. The lowest BCUT2D eigenvalue weighted by Gasteiger charge is -2.20. The molecule has 0 fully saturated rings. The predicted octanol–water partition coefficient (Wildman–Crippen LogP) is 6.39. The zero-order chi connectivity index (χ0) is 22.5. The number of ether oxygens (including phenoxy) is 1. The van der Waals surface area contributed by atoms with Gasteiger partial charge in [0.15, 0.2) is 0 Å². The fourth-order valence-corrected chi connectivity index (χ4v) is 4.53. The van der Waals surface area contributed by atoms with E-state index in [9.17, 15) is 4.79 Å². The third kappa shape index (κ3) is 5.11. The van der Waals surface area contributed by atoms with Crippen LogP contribution >= 0.6 is 23.2 Å². The van der Waals surface area contributed by atoms with Gasteiger partial charge in [-0.25, -0.2) is 9.78 Å². The molecule has 0 unspecified atom stereocenters. The molecule has 1 aromatic heterocycles. The number of rotatable bonds is 6. The summed E-state index contributed by atoms with van der Waals surface area (Å²) >= 11 is 12.6. The van der Waals surface area contributed by atoms with Gasteiger partial charge in [-0.3, -0.25) is 0 Å². The molecule has 0 radical (unpaired) electrons. The minimum absolute atomic E-state index is 0.278. The molecule has 3 aromatic rings. The Balaban J connectivity index is 1.52. The number of imidazole rings is 1. The van der Waals surface area contributed by atoms with Crippen molar-refractivity contribution in [3.63, 3.8) is 0 Å². The molecular formula is C25H27Cl2N3O2. The number of hydrogen-bond donors (Lipinski definition) is 0. The first-order valence-corrected chi connectivity index (χ1v) is 11.8. The highest BCUT2D eigenvalue weighted by Crippen LogP contribution is 2.32. The number of carbonyl (C=O) groups excluding carboxylic acids is 1. The lowest BCUT2D eigenvalue weighted by molar-refractivity contribution is 0.0976. The molecule has 0 aliphatic carbocycles. The Morgan fingerprint density at radius 2 is 1.88 bits per heavy atom. The van der Waals surface area contributed by atoms with Gasteiger partial charge < -0.3 is 14.2 Å². The third-order valence-corrected chi connectivity index (χ3v) is 6.31. The molecule has 32 heavy (non-hydrogen) atoms. The van der Waals surface area contributed by atoms with Gasteiger partial charge >= 0.3 is 6.09 Å². The monoisotopic (exact) mass is 471 g/mol. The smallest absolute Gasteiger partial charge is 0.410 e. The van der Waals surface area contributed by atoms with Crippen molar-refractivity contribution in [3.05, 3.63) is 75.5 Å². The van der Waals surface area contributed by atoms with E-state index in [1.54, 1.807) is 11.0 Å². The molecule has 5 nitrogen and oxygen atoms in total. The van der Waals surface area contributed by atoms with Crippen molar-refractivity contribution in [1.29, 1.82) is 0 Å². The first kappa shape index (κ1) is 22.7. The Morgan fingerprint density at radius 1 is 1.09 bits per heavy atom. The van der Waals surface area contributed by atoms with Gasteiger partial charge in [0.2, 0.25) is 0 Å². The van der Waals surface area contributed by atoms with E-state index in [-0.39, 0.29) is 12.7 Å². The largest absolute Gasteiger partial charge is 0.445 e. The minimum atomic E-state index is -0.278. The van der Waals surface area contributed by atoms with E-state index in [1.807, 2.05) is 42.5 Å². The fraction of sp³-hybridized carbons (Fsp3) is 0.360. The summed E-state index contributed by atoms with van der Waals surface area (Å²) < 4.78 is 7.81. The number of carbonyl (C=O) groups is 1. The van der Waals surface area contributed by atoms with Crippen molar-refractivity contribution < 1.29 is 9.53 Å². The van der Waals surface area contributed by atoms with Crippen LogP contribution in [0.2, 0.25) is 10.0 Å². The first-order chi connectivity index (χ1) is 15.6. The molecule has 0 bridgehead atoms. The number of halogens is 2. The maximum Gasteiger partial charge on any atom is 0.410 e. The number of unbranched alkanes of at least 4 members (excludes halogenated alkanes) is 1. The Morgan fingerprint density at radius 3 is 2.62 bits per heavy atom. The van der Waals surface area contributed by atoms with Crippen LogP contribution in [0, 0.1) is 0 Å². The van der Waals surface area contributed by atoms with Crippen molar-refractivity contribution in [2.24, 2.45) is 0 Å². The van der Waals surface area contributed by atoms with E-state index in [2.05, 4.69) is 11.5 Å². The van der Waals surface area contributed by atoms with Crippen LogP contribution < -0.4 is 0 Å². The number of hydrogen-bond acceptors (Lipinski definition) is 3. The Bertz CT molecular complexity index is 1080. The molecule has 0 saturated heterocycles. The Kier molecular flexibility index (Phi) is 7.38. The van der Waals surface area contributed by atoms with E-state index < -0.39 is 0 Å².